The molecule has 94 valence electrons. The summed E-state index contributed by atoms with van der Waals surface area (Å²) in [6, 6.07) is 7.19. The average Bonchev–Trinajstić information content (AvgIpc) is 2.24. The topological polar surface area (TPSA) is 63.2 Å². The van der Waals surface area contributed by atoms with Gasteiger partial charge in [-0.1, -0.05) is 0 Å². The standard InChI is InChI=1S/C11H14INO3S/c1-17(15,16)8-2-7-13-11(14)9-3-5-10(12)6-4-9/h3-6H,2,7-8H2,1H3,(H,13,14). The Bertz CT molecular complexity index is 482. The van der Waals surface area contributed by atoms with Crippen molar-refractivity contribution in [3.8, 4) is 0 Å². The van der Waals surface area contributed by atoms with Crippen LogP contribution in [-0.2, 0) is 9.84 Å². The molecule has 0 aromatic heterocycles. The van der Waals surface area contributed by atoms with Crippen molar-refractivity contribution in [1.29, 1.82) is 0 Å². The van der Waals surface area contributed by atoms with Gasteiger partial charge < -0.3 is 5.32 Å². The Morgan fingerprint density at radius 2 is 1.88 bits per heavy atom. The first kappa shape index (κ1) is 14.4. The van der Waals surface area contributed by atoms with Gasteiger partial charge in [-0.05, 0) is 53.3 Å². The van der Waals surface area contributed by atoms with Gasteiger partial charge in [-0.3, -0.25) is 4.79 Å². The van der Waals surface area contributed by atoms with Gasteiger partial charge in [0, 0.05) is 21.9 Å². The van der Waals surface area contributed by atoms with Crippen molar-refractivity contribution in [3.05, 3.63) is 33.4 Å². The Labute approximate surface area is 115 Å². The van der Waals surface area contributed by atoms with E-state index in [4.69, 9.17) is 0 Å². The fourth-order valence-electron chi connectivity index (χ4n) is 1.24. The molecule has 1 aromatic rings. The van der Waals surface area contributed by atoms with E-state index in [-0.39, 0.29) is 11.7 Å². The van der Waals surface area contributed by atoms with Crippen LogP contribution in [0.3, 0.4) is 0 Å². The quantitative estimate of drug-likeness (QED) is 0.633. The lowest BCUT2D eigenvalue weighted by Crippen LogP contribution is -2.25. The highest BCUT2D eigenvalue weighted by Crippen LogP contribution is 2.06. The molecule has 0 aliphatic rings. The van der Waals surface area contributed by atoms with Crippen molar-refractivity contribution in [2.75, 3.05) is 18.6 Å². The molecule has 4 nitrogen and oxygen atoms in total. The van der Waals surface area contributed by atoms with E-state index < -0.39 is 9.84 Å². The van der Waals surface area contributed by atoms with Crippen molar-refractivity contribution in [2.24, 2.45) is 0 Å². The van der Waals surface area contributed by atoms with Crippen LogP contribution < -0.4 is 5.32 Å². The van der Waals surface area contributed by atoms with Gasteiger partial charge >= 0.3 is 0 Å². The first-order valence-corrected chi connectivity index (χ1v) is 8.24. The van der Waals surface area contributed by atoms with E-state index in [9.17, 15) is 13.2 Å². The van der Waals surface area contributed by atoms with Crippen molar-refractivity contribution in [1.82, 2.24) is 5.32 Å². The number of nitrogens with one attached hydrogen (secondary N) is 1. The number of halogens is 1. The summed E-state index contributed by atoms with van der Waals surface area (Å²) in [6.07, 6.45) is 1.63. The van der Waals surface area contributed by atoms with Crippen LogP contribution in [0.1, 0.15) is 16.8 Å². The normalized spacial score (nSPS) is 11.2. The molecule has 0 radical (unpaired) electrons. The van der Waals surface area contributed by atoms with Crippen LogP contribution in [0.4, 0.5) is 0 Å². The Kier molecular flexibility index (Phi) is 5.38. The Morgan fingerprint density at radius 3 is 2.41 bits per heavy atom. The molecule has 1 aromatic carbocycles. The summed E-state index contributed by atoms with van der Waals surface area (Å²) < 4.78 is 22.8. The Balaban J connectivity index is 2.38. The zero-order valence-corrected chi connectivity index (χ0v) is 12.4. The molecule has 0 spiro atoms. The number of hydrogen-bond donors (Lipinski definition) is 1. The number of carbonyl (C=O) groups is 1. The molecule has 1 rings (SSSR count). The second-order valence-electron chi connectivity index (χ2n) is 3.75. The summed E-state index contributed by atoms with van der Waals surface area (Å²) in [4.78, 5) is 11.6. The zero-order valence-electron chi connectivity index (χ0n) is 9.44. The molecule has 0 unspecified atom stereocenters. The summed E-state index contributed by atoms with van der Waals surface area (Å²) in [5.41, 5.74) is 0.588. The number of hydrogen-bond acceptors (Lipinski definition) is 3. The number of sulfone groups is 1. The van der Waals surface area contributed by atoms with E-state index in [0.29, 0.717) is 18.5 Å². The van der Waals surface area contributed by atoms with Gasteiger partial charge in [-0.15, -0.1) is 0 Å². The first-order chi connectivity index (χ1) is 7.88. The maximum Gasteiger partial charge on any atom is 0.251 e. The number of benzene rings is 1. The molecule has 0 atom stereocenters. The van der Waals surface area contributed by atoms with Crippen LogP contribution in [-0.4, -0.2) is 32.9 Å². The van der Waals surface area contributed by atoms with Crippen molar-refractivity contribution in [2.45, 2.75) is 6.42 Å². The maximum absolute atomic E-state index is 11.6. The van der Waals surface area contributed by atoms with E-state index in [1.165, 1.54) is 6.26 Å². The molecule has 6 heteroatoms. The van der Waals surface area contributed by atoms with Gasteiger partial charge in [0.1, 0.15) is 9.84 Å². The van der Waals surface area contributed by atoms with Crippen LogP contribution in [0.2, 0.25) is 0 Å². The van der Waals surface area contributed by atoms with Gasteiger partial charge in [0.05, 0.1) is 5.75 Å². The first-order valence-electron chi connectivity index (χ1n) is 5.10. The SMILES string of the molecule is CS(=O)(=O)CCCNC(=O)c1ccc(I)cc1. The molecule has 0 saturated carbocycles. The highest BCUT2D eigenvalue weighted by molar-refractivity contribution is 14.1. The third kappa shape index (κ3) is 6.02. The van der Waals surface area contributed by atoms with Crippen LogP contribution in [0.5, 0.6) is 0 Å². The summed E-state index contributed by atoms with van der Waals surface area (Å²) in [6.45, 7) is 0.373. The summed E-state index contributed by atoms with van der Waals surface area (Å²) in [5, 5.41) is 2.69. The molecule has 0 heterocycles. The van der Waals surface area contributed by atoms with Gasteiger partial charge in [0.2, 0.25) is 0 Å². The minimum absolute atomic E-state index is 0.0972. The van der Waals surface area contributed by atoms with E-state index in [2.05, 4.69) is 27.9 Å². The lowest BCUT2D eigenvalue weighted by atomic mass is 10.2. The summed E-state index contributed by atoms with van der Waals surface area (Å²) >= 11 is 2.16. The predicted molar refractivity (Wildman–Crippen MR) is 75.8 cm³/mol. The molecule has 0 saturated heterocycles. The van der Waals surface area contributed by atoms with Crippen LogP contribution in [0, 0.1) is 3.57 Å². The molecule has 17 heavy (non-hydrogen) atoms. The summed E-state index contributed by atoms with van der Waals surface area (Å²) in [7, 11) is -2.94. The van der Waals surface area contributed by atoms with Gasteiger partial charge in [0.25, 0.3) is 5.91 Å². The van der Waals surface area contributed by atoms with E-state index in [0.717, 1.165) is 3.57 Å². The molecule has 1 N–H and O–H groups in total. The maximum atomic E-state index is 11.6. The molecule has 0 fully saturated rings. The second-order valence-corrected chi connectivity index (χ2v) is 7.25. The second kappa shape index (κ2) is 6.34. The van der Waals surface area contributed by atoms with E-state index in [1.807, 2.05) is 12.1 Å². The van der Waals surface area contributed by atoms with Gasteiger partial charge in [-0.2, -0.15) is 0 Å². The molecule has 0 aliphatic heterocycles. The molecular weight excluding hydrogens is 353 g/mol. The average molecular weight is 367 g/mol. The fraction of sp³-hybridized carbons (Fsp3) is 0.364. The third-order valence-corrected chi connectivity index (χ3v) is 3.83. The predicted octanol–water partition coefficient (Wildman–Crippen LogP) is 1.46. The number of carbonyl (C=O) groups excluding carboxylic acids is 1. The molecule has 0 aliphatic carbocycles. The smallest absolute Gasteiger partial charge is 0.251 e. The molecule has 1 amide bonds. The van der Waals surface area contributed by atoms with Crippen LogP contribution in [0.25, 0.3) is 0 Å². The van der Waals surface area contributed by atoms with Crippen molar-refractivity contribution >= 4 is 38.3 Å². The summed E-state index contributed by atoms with van der Waals surface area (Å²) in [5.74, 6) is -0.0742. The molecule has 0 bridgehead atoms. The minimum Gasteiger partial charge on any atom is -0.352 e. The Morgan fingerprint density at radius 1 is 1.29 bits per heavy atom. The highest BCUT2D eigenvalue weighted by atomic mass is 127. The molecular formula is C11H14INO3S. The zero-order chi connectivity index (χ0) is 12.9. The lowest BCUT2D eigenvalue weighted by molar-refractivity contribution is 0.0953. The third-order valence-electron chi connectivity index (χ3n) is 2.08. The number of amides is 1. The monoisotopic (exact) mass is 367 g/mol. The van der Waals surface area contributed by atoms with E-state index in [1.54, 1.807) is 12.1 Å². The van der Waals surface area contributed by atoms with Crippen LogP contribution in [0.15, 0.2) is 24.3 Å². The number of rotatable bonds is 5. The van der Waals surface area contributed by atoms with Crippen molar-refractivity contribution < 1.29 is 13.2 Å². The van der Waals surface area contributed by atoms with Crippen LogP contribution >= 0.6 is 22.6 Å². The van der Waals surface area contributed by atoms with Gasteiger partial charge in [0.15, 0.2) is 0 Å². The Hall–Kier alpha value is -0.630. The lowest BCUT2D eigenvalue weighted by Gasteiger charge is -2.04. The highest BCUT2D eigenvalue weighted by Gasteiger charge is 2.05. The van der Waals surface area contributed by atoms with E-state index >= 15 is 0 Å². The largest absolute Gasteiger partial charge is 0.352 e. The fourth-order valence-corrected chi connectivity index (χ4v) is 2.27. The van der Waals surface area contributed by atoms with Gasteiger partial charge in [-0.25, -0.2) is 8.42 Å². The van der Waals surface area contributed by atoms with Crippen molar-refractivity contribution in [3.63, 3.8) is 0 Å². The minimum atomic E-state index is -2.94.